The molecule has 4 rings (SSSR count). The summed E-state index contributed by atoms with van der Waals surface area (Å²) in [5, 5.41) is 30.0. The number of ether oxygens (including phenoxy) is 1. The van der Waals surface area contributed by atoms with Crippen molar-refractivity contribution in [3.63, 3.8) is 0 Å². The molecule has 2 aliphatic rings. The summed E-state index contributed by atoms with van der Waals surface area (Å²) in [7, 11) is 0. The quantitative estimate of drug-likeness (QED) is 0.365. The van der Waals surface area contributed by atoms with Gasteiger partial charge < -0.3 is 30.7 Å². The molecule has 2 aromatic rings. The predicted molar refractivity (Wildman–Crippen MR) is 139 cm³/mol. The van der Waals surface area contributed by atoms with Crippen LogP contribution in [0, 0.1) is 5.41 Å². The lowest BCUT2D eigenvalue weighted by molar-refractivity contribution is 0.0129. The monoisotopic (exact) mass is 495 g/mol. The Morgan fingerprint density at radius 1 is 1.11 bits per heavy atom. The second-order valence-electron chi connectivity index (χ2n) is 10.6. The number of piperidine rings is 2. The van der Waals surface area contributed by atoms with E-state index >= 15 is 0 Å². The second kappa shape index (κ2) is 10.7. The van der Waals surface area contributed by atoms with E-state index < -0.39 is 5.60 Å². The summed E-state index contributed by atoms with van der Waals surface area (Å²) in [5.74, 6) is -0.0256. The fourth-order valence-electron chi connectivity index (χ4n) is 4.89. The number of amidine groups is 1. The number of nitrogens with one attached hydrogen (secondary N) is 2. The van der Waals surface area contributed by atoms with Crippen LogP contribution in [0.25, 0.3) is 11.3 Å². The lowest BCUT2D eigenvalue weighted by Gasteiger charge is -2.42. The van der Waals surface area contributed by atoms with E-state index in [2.05, 4.69) is 20.4 Å². The molecule has 1 amide bonds. The van der Waals surface area contributed by atoms with Crippen LogP contribution >= 0.6 is 0 Å². The normalized spacial score (nSPS) is 18.1. The number of carbonyl (C=O) groups is 1. The number of nitrogens with zero attached hydrogens (tertiary/aromatic N) is 4. The van der Waals surface area contributed by atoms with Crippen LogP contribution in [0.5, 0.6) is 5.75 Å². The summed E-state index contributed by atoms with van der Waals surface area (Å²) in [6.07, 6.45) is 3.56. The van der Waals surface area contributed by atoms with Crippen LogP contribution in [-0.2, 0) is 4.74 Å². The van der Waals surface area contributed by atoms with E-state index in [1.54, 1.807) is 24.3 Å². The van der Waals surface area contributed by atoms with Gasteiger partial charge in [0.15, 0.2) is 5.69 Å². The average Bonchev–Trinajstić information content (AvgIpc) is 2.84. The number of aromatic hydroxyl groups is 1. The Hall–Kier alpha value is -3.40. The number of nitrogen functional groups attached to an aromatic ring is 1. The summed E-state index contributed by atoms with van der Waals surface area (Å²) in [4.78, 5) is 16.7. The van der Waals surface area contributed by atoms with Crippen LogP contribution in [0.1, 0.15) is 52.1 Å². The standard InChI is InChI=1S/C26H37N7O3/c1-26(2,3)36-25(35)33-14-10-18(11-15-33)32-12-8-17(9-13-32)29-21-16-20(30-31-23(21)24(27)28)19-6-4-5-7-22(19)34/h4-7,16-18,34H,8-15H2,1-3H3,(H3,27,28)(H,29,30). The van der Waals surface area contributed by atoms with Crippen LogP contribution in [0.3, 0.4) is 0 Å². The van der Waals surface area contributed by atoms with Gasteiger partial charge >= 0.3 is 6.09 Å². The predicted octanol–water partition coefficient (Wildman–Crippen LogP) is 3.41. The molecular formula is C26H37N7O3. The molecule has 2 fully saturated rings. The number of rotatable bonds is 5. The highest BCUT2D eigenvalue weighted by Gasteiger charge is 2.31. The first-order chi connectivity index (χ1) is 17.1. The molecule has 0 saturated carbocycles. The lowest BCUT2D eigenvalue weighted by Crippen LogP contribution is -2.51. The van der Waals surface area contributed by atoms with Gasteiger partial charge in [-0.15, -0.1) is 10.2 Å². The molecule has 36 heavy (non-hydrogen) atoms. The van der Waals surface area contributed by atoms with E-state index in [1.165, 1.54) is 0 Å². The summed E-state index contributed by atoms with van der Waals surface area (Å²) >= 11 is 0. The number of anilines is 1. The molecule has 10 nitrogen and oxygen atoms in total. The number of phenolic OH excluding ortho intramolecular Hbond substituents is 1. The van der Waals surface area contributed by atoms with Gasteiger partial charge in [0.1, 0.15) is 17.2 Å². The number of likely N-dealkylation sites (tertiary alicyclic amines) is 2. The van der Waals surface area contributed by atoms with E-state index in [9.17, 15) is 9.90 Å². The van der Waals surface area contributed by atoms with Gasteiger partial charge in [0.25, 0.3) is 0 Å². The van der Waals surface area contributed by atoms with E-state index in [0.717, 1.165) is 51.9 Å². The zero-order valence-corrected chi connectivity index (χ0v) is 21.3. The molecule has 1 aromatic heterocycles. The van der Waals surface area contributed by atoms with Crippen LogP contribution in [0.15, 0.2) is 30.3 Å². The van der Waals surface area contributed by atoms with Crippen molar-refractivity contribution in [2.75, 3.05) is 31.5 Å². The number of carbonyl (C=O) groups excluding carboxylic acids is 1. The third-order valence-electron chi connectivity index (χ3n) is 6.75. The van der Waals surface area contributed by atoms with Gasteiger partial charge in [0.05, 0.1) is 11.4 Å². The highest BCUT2D eigenvalue weighted by molar-refractivity contribution is 5.98. The summed E-state index contributed by atoms with van der Waals surface area (Å²) in [6, 6.07) is 9.45. The SMILES string of the molecule is CC(C)(C)OC(=O)N1CCC(N2CCC(Nc3cc(-c4ccccc4O)nnc3C(=N)N)CC2)CC1. The fraction of sp³-hybridized carbons (Fsp3) is 0.538. The molecule has 0 atom stereocenters. The molecule has 3 heterocycles. The van der Waals surface area contributed by atoms with Gasteiger partial charge in [-0.25, -0.2) is 4.79 Å². The van der Waals surface area contributed by atoms with Gasteiger partial charge in [0, 0.05) is 43.8 Å². The molecule has 0 radical (unpaired) electrons. The maximum Gasteiger partial charge on any atom is 0.410 e. The molecule has 194 valence electrons. The molecule has 0 aliphatic carbocycles. The fourth-order valence-corrected chi connectivity index (χ4v) is 4.89. The molecule has 1 aromatic carbocycles. The number of phenols is 1. The maximum atomic E-state index is 12.4. The Labute approximate surface area is 212 Å². The first kappa shape index (κ1) is 25.7. The van der Waals surface area contributed by atoms with Crippen molar-refractivity contribution in [1.29, 1.82) is 5.41 Å². The Morgan fingerprint density at radius 3 is 2.39 bits per heavy atom. The Morgan fingerprint density at radius 2 is 1.78 bits per heavy atom. The molecule has 0 unspecified atom stereocenters. The maximum absolute atomic E-state index is 12.4. The van der Waals surface area contributed by atoms with Crippen LogP contribution in [0.4, 0.5) is 10.5 Å². The first-order valence-corrected chi connectivity index (χ1v) is 12.6. The summed E-state index contributed by atoms with van der Waals surface area (Å²) in [6.45, 7) is 9.02. The Kier molecular flexibility index (Phi) is 7.63. The van der Waals surface area contributed by atoms with Gasteiger partial charge in [0.2, 0.25) is 0 Å². The van der Waals surface area contributed by atoms with Gasteiger partial charge in [-0.3, -0.25) is 5.41 Å². The van der Waals surface area contributed by atoms with Crippen molar-refractivity contribution in [3.8, 4) is 17.0 Å². The molecule has 2 saturated heterocycles. The lowest BCUT2D eigenvalue weighted by atomic mass is 9.97. The van der Waals surface area contributed by atoms with Crippen molar-refractivity contribution in [1.82, 2.24) is 20.0 Å². The largest absolute Gasteiger partial charge is 0.507 e. The highest BCUT2D eigenvalue weighted by Crippen LogP contribution is 2.30. The Bertz CT molecular complexity index is 1090. The molecule has 0 bridgehead atoms. The van der Waals surface area contributed by atoms with E-state index in [0.29, 0.717) is 28.7 Å². The van der Waals surface area contributed by atoms with Crippen molar-refractivity contribution >= 4 is 17.6 Å². The third kappa shape index (κ3) is 6.23. The minimum atomic E-state index is -0.475. The number of hydrogen-bond acceptors (Lipinski definition) is 8. The molecular weight excluding hydrogens is 458 g/mol. The van der Waals surface area contributed by atoms with Crippen LogP contribution < -0.4 is 11.1 Å². The van der Waals surface area contributed by atoms with Gasteiger partial charge in [-0.2, -0.15) is 0 Å². The zero-order valence-electron chi connectivity index (χ0n) is 21.3. The van der Waals surface area contributed by atoms with E-state index in [-0.39, 0.29) is 23.7 Å². The first-order valence-electron chi connectivity index (χ1n) is 12.6. The second-order valence-corrected chi connectivity index (χ2v) is 10.6. The van der Waals surface area contributed by atoms with Crippen LogP contribution in [0.2, 0.25) is 0 Å². The summed E-state index contributed by atoms with van der Waals surface area (Å²) in [5.41, 5.74) is 7.36. The average molecular weight is 496 g/mol. The van der Waals surface area contributed by atoms with Gasteiger partial charge in [-0.1, -0.05) is 12.1 Å². The molecule has 0 spiro atoms. The third-order valence-corrected chi connectivity index (χ3v) is 6.75. The van der Waals surface area contributed by atoms with Crippen molar-refractivity contribution in [3.05, 3.63) is 36.0 Å². The number of benzene rings is 1. The summed E-state index contributed by atoms with van der Waals surface area (Å²) < 4.78 is 5.52. The molecule has 5 N–H and O–H groups in total. The molecule has 2 aliphatic heterocycles. The van der Waals surface area contributed by atoms with Crippen LogP contribution in [-0.4, -0.2) is 80.9 Å². The van der Waals surface area contributed by atoms with E-state index in [1.807, 2.05) is 31.7 Å². The Balaban J connectivity index is 1.34. The minimum absolute atomic E-state index is 0.124. The topological polar surface area (TPSA) is 141 Å². The number of aromatic nitrogens is 2. The van der Waals surface area contributed by atoms with Crippen molar-refractivity contribution < 1.29 is 14.6 Å². The smallest absolute Gasteiger partial charge is 0.410 e. The van der Waals surface area contributed by atoms with Crippen molar-refractivity contribution in [2.45, 2.75) is 64.1 Å². The minimum Gasteiger partial charge on any atom is -0.507 e. The zero-order chi connectivity index (χ0) is 25.9. The van der Waals surface area contributed by atoms with E-state index in [4.69, 9.17) is 15.9 Å². The number of para-hydroxylation sites is 1. The molecule has 10 heteroatoms. The number of amides is 1. The number of nitrogens with two attached hydrogens (primary N) is 1. The van der Waals surface area contributed by atoms with Crippen molar-refractivity contribution in [2.24, 2.45) is 5.73 Å². The number of hydrogen-bond donors (Lipinski definition) is 4. The highest BCUT2D eigenvalue weighted by atomic mass is 16.6. The van der Waals surface area contributed by atoms with Gasteiger partial charge in [-0.05, 0) is 64.7 Å².